The summed E-state index contributed by atoms with van der Waals surface area (Å²) in [5.74, 6) is -0.0595. The molecule has 86 valence electrons. The first-order valence-electron chi connectivity index (χ1n) is 4.97. The molecular formula is C10H19N3O2. The summed E-state index contributed by atoms with van der Waals surface area (Å²) < 4.78 is 4.86. The van der Waals surface area contributed by atoms with Gasteiger partial charge in [0.25, 0.3) is 0 Å². The zero-order chi connectivity index (χ0) is 11.7. The molecule has 0 fully saturated rings. The molecule has 1 N–H and O–H groups in total. The number of likely N-dealkylation sites (N-methyl/N-ethyl adjacent to an activating group) is 1. The molecule has 0 saturated heterocycles. The van der Waals surface area contributed by atoms with E-state index in [-0.39, 0.29) is 18.5 Å². The van der Waals surface area contributed by atoms with Crippen molar-refractivity contribution in [3.05, 3.63) is 0 Å². The van der Waals surface area contributed by atoms with Crippen molar-refractivity contribution >= 4 is 5.91 Å². The molecule has 0 aromatic carbocycles. The fourth-order valence-corrected chi connectivity index (χ4v) is 0.962. The van der Waals surface area contributed by atoms with E-state index in [0.29, 0.717) is 13.2 Å². The molecule has 0 aliphatic heterocycles. The van der Waals surface area contributed by atoms with Crippen LogP contribution in [0.5, 0.6) is 0 Å². The maximum atomic E-state index is 11.3. The summed E-state index contributed by atoms with van der Waals surface area (Å²) >= 11 is 0. The van der Waals surface area contributed by atoms with E-state index in [1.165, 1.54) is 0 Å². The molecule has 0 bridgehead atoms. The van der Waals surface area contributed by atoms with Crippen molar-refractivity contribution < 1.29 is 9.53 Å². The Bertz CT molecular complexity index is 225. The average molecular weight is 213 g/mol. The molecule has 0 aromatic rings. The second-order valence-corrected chi connectivity index (χ2v) is 3.42. The maximum Gasteiger partial charge on any atom is 0.234 e. The molecule has 0 aliphatic rings. The van der Waals surface area contributed by atoms with Gasteiger partial charge >= 0.3 is 0 Å². The summed E-state index contributed by atoms with van der Waals surface area (Å²) in [6, 6.07) is 1.83. The molecule has 0 aliphatic carbocycles. The Morgan fingerprint density at radius 1 is 1.67 bits per heavy atom. The number of carbonyl (C=O) groups excluding carboxylic acids is 1. The Labute approximate surface area is 91.0 Å². The Kier molecular flexibility index (Phi) is 7.60. The van der Waals surface area contributed by atoms with E-state index in [2.05, 4.69) is 11.4 Å². The molecule has 0 aromatic heterocycles. The van der Waals surface area contributed by atoms with Gasteiger partial charge in [0, 0.05) is 20.3 Å². The highest BCUT2D eigenvalue weighted by atomic mass is 16.5. The fraction of sp³-hybridized carbons (Fsp3) is 0.800. The number of carbonyl (C=O) groups is 1. The number of nitrogens with one attached hydrogen (secondary N) is 1. The average Bonchev–Trinajstić information content (AvgIpc) is 2.23. The highest BCUT2D eigenvalue weighted by Gasteiger charge is 2.11. The summed E-state index contributed by atoms with van der Waals surface area (Å²) in [6.07, 6.45) is 0.805. The third-order valence-corrected chi connectivity index (χ3v) is 2.09. The van der Waals surface area contributed by atoms with Crippen LogP contribution in [0.3, 0.4) is 0 Å². The number of amides is 1. The standard InChI is InChI=1S/C10H19N3O2/c1-9(7-11)13(2)8-10(14)12-5-4-6-15-3/h9H,4-6,8H2,1-3H3,(H,12,14). The van der Waals surface area contributed by atoms with Gasteiger partial charge in [-0.15, -0.1) is 0 Å². The number of nitriles is 1. The van der Waals surface area contributed by atoms with Crippen LogP contribution in [-0.2, 0) is 9.53 Å². The third kappa shape index (κ3) is 6.89. The first-order chi connectivity index (χ1) is 7.11. The Morgan fingerprint density at radius 3 is 2.87 bits per heavy atom. The predicted octanol–water partition coefficient (Wildman–Crippen LogP) is -0.0170. The summed E-state index contributed by atoms with van der Waals surface area (Å²) in [5, 5.41) is 11.4. The molecule has 1 atom stereocenters. The summed E-state index contributed by atoms with van der Waals surface area (Å²) in [7, 11) is 3.38. The minimum Gasteiger partial charge on any atom is -0.385 e. The van der Waals surface area contributed by atoms with Crippen LogP contribution in [0.25, 0.3) is 0 Å². The predicted molar refractivity (Wildman–Crippen MR) is 57.2 cm³/mol. The van der Waals surface area contributed by atoms with Crippen molar-refractivity contribution in [1.82, 2.24) is 10.2 Å². The van der Waals surface area contributed by atoms with Crippen LogP contribution in [0, 0.1) is 11.3 Å². The van der Waals surface area contributed by atoms with Crippen LogP contribution in [0.15, 0.2) is 0 Å². The van der Waals surface area contributed by atoms with Crippen LogP contribution in [0.1, 0.15) is 13.3 Å². The first-order valence-corrected chi connectivity index (χ1v) is 4.97. The number of hydrogen-bond acceptors (Lipinski definition) is 4. The van der Waals surface area contributed by atoms with E-state index in [1.54, 1.807) is 26.0 Å². The minimum absolute atomic E-state index is 0.0595. The molecule has 0 heterocycles. The number of nitrogens with zero attached hydrogens (tertiary/aromatic N) is 2. The molecule has 15 heavy (non-hydrogen) atoms. The second-order valence-electron chi connectivity index (χ2n) is 3.42. The van der Waals surface area contributed by atoms with Crippen molar-refractivity contribution in [3.63, 3.8) is 0 Å². The van der Waals surface area contributed by atoms with Gasteiger partial charge in [-0.1, -0.05) is 0 Å². The van der Waals surface area contributed by atoms with Gasteiger partial charge in [-0.05, 0) is 20.4 Å². The summed E-state index contributed by atoms with van der Waals surface area (Å²) in [6.45, 7) is 3.27. The lowest BCUT2D eigenvalue weighted by atomic mass is 10.3. The first kappa shape index (κ1) is 13.9. The lowest BCUT2D eigenvalue weighted by molar-refractivity contribution is -0.122. The van der Waals surface area contributed by atoms with E-state index in [9.17, 15) is 4.79 Å². The molecule has 5 heteroatoms. The van der Waals surface area contributed by atoms with Crippen molar-refractivity contribution in [2.75, 3.05) is 33.9 Å². The van der Waals surface area contributed by atoms with Crippen molar-refractivity contribution in [1.29, 1.82) is 5.26 Å². The van der Waals surface area contributed by atoms with Gasteiger partial charge in [0.2, 0.25) is 5.91 Å². The van der Waals surface area contributed by atoms with Crippen LogP contribution < -0.4 is 5.32 Å². The molecule has 1 unspecified atom stereocenters. The number of methoxy groups -OCH3 is 1. The zero-order valence-electron chi connectivity index (χ0n) is 9.62. The third-order valence-electron chi connectivity index (χ3n) is 2.09. The molecular weight excluding hydrogens is 194 g/mol. The Hall–Kier alpha value is -1.12. The highest BCUT2D eigenvalue weighted by Crippen LogP contribution is 1.92. The smallest absolute Gasteiger partial charge is 0.234 e. The quantitative estimate of drug-likeness (QED) is 0.604. The van der Waals surface area contributed by atoms with Crippen LogP contribution in [0.2, 0.25) is 0 Å². The molecule has 0 radical (unpaired) electrons. The molecule has 0 saturated carbocycles. The molecule has 0 rings (SSSR count). The van der Waals surface area contributed by atoms with Crippen molar-refractivity contribution in [3.8, 4) is 6.07 Å². The summed E-state index contributed by atoms with van der Waals surface area (Å²) in [4.78, 5) is 13.0. The van der Waals surface area contributed by atoms with Crippen LogP contribution >= 0.6 is 0 Å². The minimum atomic E-state index is -0.241. The second kappa shape index (κ2) is 8.21. The van der Waals surface area contributed by atoms with Gasteiger partial charge in [0.05, 0.1) is 18.7 Å². The van der Waals surface area contributed by atoms with Crippen molar-refractivity contribution in [2.45, 2.75) is 19.4 Å². The summed E-state index contributed by atoms with van der Waals surface area (Å²) in [5.41, 5.74) is 0. The SMILES string of the molecule is COCCCNC(=O)CN(C)C(C)C#N. The number of ether oxygens (including phenoxy) is 1. The molecule has 5 nitrogen and oxygen atoms in total. The number of rotatable bonds is 7. The molecule has 1 amide bonds. The van der Waals surface area contributed by atoms with Crippen LogP contribution in [0.4, 0.5) is 0 Å². The normalized spacial score (nSPS) is 12.2. The van der Waals surface area contributed by atoms with Gasteiger partial charge in [-0.2, -0.15) is 5.26 Å². The zero-order valence-corrected chi connectivity index (χ0v) is 9.62. The lowest BCUT2D eigenvalue weighted by Crippen LogP contribution is -2.39. The van der Waals surface area contributed by atoms with Gasteiger partial charge in [0.15, 0.2) is 0 Å². The van der Waals surface area contributed by atoms with E-state index in [1.807, 2.05) is 0 Å². The monoisotopic (exact) mass is 213 g/mol. The highest BCUT2D eigenvalue weighted by molar-refractivity contribution is 5.78. The van der Waals surface area contributed by atoms with E-state index in [4.69, 9.17) is 10.00 Å². The van der Waals surface area contributed by atoms with Gasteiger partial charge in [-0.25, -0.2) is 0 Å². The van der Waals surface area contributed by atoms with Gasteiger partial charge in [-0.3, -0.25) is 9.69 Å². The Balaban J connectivity index is 3.61. The van der Waals surface area contributed by atoms with Crippen molar-refractivity contribution in [2.24, 2.45) is 0 Å². The van der Waals surface area contributed by atoms with Gasteiger partial charge in [0.1, 0.15) is 0 Å². The van der Waals surface area contributed by atoms with Gasteiger partial charge < -0.3 is 10.1 Å². The van der Waals surface area contributed by atoms with E-state index >= 15 is 0 Å². The molecule has 0 spiro atoms. The van der Waals surface area contributed by atoms with E-state index < -0.39 is 0 Å². The number of hydrogen-bond donors (Lipinski definition) is 1. The fourth-order valence-electron chi connectivity index (χ4n) is 0.962. The van der Waals surface area contributed by atoms with Crippen LogP contribution in [-0.4, -0.2) is 50.7 Å². The maximum absolute atomic E-state index is 11.3. The Morgan fingerprint density at radius 2 is 2.33 bits per heavy atom. The largest absolute Gasteiger partial charge is 0.385 e. The lowest BCUT2D eigenvalue weighted by Gasteiger charge is -2.17. The topological polar surface area (TPSA) is 65.4 Å². The van der Waals surface area contributed by atoms with E-state index in [0.717, 1.165) is 6.42 Å².